The molecule has 1 aromatic rings. The van der Waals surface area contributed by atoms with Crippen LogP contribution >= 0.6 is 0 Å². The van der Waals surface area contributed by atoms with Gasteiger partial charge in [0.25, 0.3) is 0 Å². The predicted molar refractivity (Wildman–Crippen MR) is 80.9 cm³/mol. The molecule has 112 valence electrons. The fourth-order valence-corrected chi connectivity index (χ4v) is 2.38. The van der Waals surface area contributed by atoms with E-state index in [9.17, 15) is 0 Å². The fourth-order valence-electron chi connectivity index (χ4n) is 2.38. The number of anilines is 1. The number of hydrogen-bond donors (Lipinski definition) is 1. The predicted octanol–water partition coefficient (Wildman–Crippen LogP) is 1.98. The molecule has 5 nitrogen and oxygen atoms in total. The summed E-state index contributed by atoms with van der Waals surface area (Å²) >= 11 is 0. The van der Waals surface area contributed by atoms with E-state index in [4.69, 9.17) is 4.74 Å². The van der Waals surface area contributed by atoms with Crippen LogP contribution in [0.25, 0.3) is 0 Å². The molecule has 1 aliphatic rings. The van der Waals surface area contributed by atoms with Gasteiger partial charge in [0.2, 0.25) is 0 Å². The molecule has 0 aromatic carbocycles. The van der Waals surface area contributed by atoms with E-state index in [1.165, 1.54) is 12.8 Å². The molecule has 0 spiro atoms. The van der Waals surface area contributed by atoms with Crippen LogP contribution in [-0.2, 0) is 11.3 Å². The zero-order valence-electron chi connectivity index (χ0n) is 12.6. The van der Waals surface area contributed by atoms with Crippen LogP contribution < -0.4 is 10.2 Å². The molecule has 1 saturated heterocycles. The Labute approximate surface area is 121 Å². The van der Waals surface area contributed by atoms with Crippen molar-refractivity contribution in [2.45, 2.75) is 45.3 Å². The van der Waals surface area contributed by atoms with Crippen molar-refractivity contribution in [3.8, 4) is 0 Å². The second-order valence-corrected chi connectivity index (χ2v) is 5.41. The third kappa shape index (κ3) is 4.72. The SMILES string of the molecule is CCCNCc1cnc(N(C)CC2CCCCO2)cn1. The molecular weight excluding hydrogens is 252 g/mol. The quantitative estimate of drug-likeness (QED) is 0.773. The number of hydrogen-bond acceptors (Lipinski definition) is 5. The van der Waals surface area contributed by atoms with Gasteiger partial charge in [0.1, 0.15) is 5.82 Å². The first-order valence-corrected chi connectivity index (χ1v) is 7.64. The molecule has 0 bridgehead atoms. The maximum absolute atomic E-state index is 5.76. The Morgan fingerprint density at radius 3 is 2.90 bits per heavy atom. The second kappa shape index (κ2) is 8.17. The van der Waals surface area contributed by atoms with Crippen molar-refractivity contribution < 1.29 is 4.74 Å². The van der Waals surface area contributed by atoms with Crippen LogP contribution in [0, 0.1) is 0 Å². The fraction of sp³-hybridized carbons (Fsp3) is 0.733. The van der Waals surface area contributed by atoms with Gasteiger partial charge in [-0.05, 0) is 32.2 Å². The van der Waals surface area contributed by atoms with E-state index in [2.05, 4.69) is 34.2 Å². The van der Waals surface area contributed by atoms with Gasteiger partial charge in [0.15, 0.2) is 0 Å². The summed E-state index contributed by atoms with van der Waals surface area (Å²) in [6.45, 7) is 5.75. The van der Waals surface area contributed by atoms with Gasteiger partial charge < -0.3 is 15.0 Å². The third-order valence-corrected chi connectivity index (χ3v) is 3.57. The van der Waals surface area contributed by atoms with Crippen molar-refractivity contribution in [2.24, 2.45) is 0 Å². The lowest BCUT2D eigenvalue weighted by atomic mass is 10.1. The number of ether oxygens (including phenoxy) is 1. The van der Waals surface area contributed by atoms with E-state index in [1.54, 1.807) is 0 Å². The van der Waals surface area contributed by atoms with Crippen molar-refractivity contribution in [1.29, 1.82) is 0 Å². The monoisotopic (exact) mass is 278 g/mol. The van der Waals surface area contributed by atoms with Gasteiger partial charge in [-0.2, -0.15) is 0 Å². The van der Waals surface area contributed by atoms with Crippen molar-refractivity contribution in [1.82, 2.24) is 15.3 Å². The van der Waals surface area contributed by atoms with E-state index < -0.39 is 0 Å². The summed E-state index contributed by atoms with van der Waals surface area (Å²) < 4.78 is 5.76. The van der Waals surface area contributed by atoms with Gasteiger partial charge in [0.05, 0.1) is 24.2 Å². The smallest absolute Gasteiger partial charge is 0.146 e. The molecule has 0 aliphatic carbocycles. The molecule has 5 heteroatoms. The molecule has 0 radical (unpaired) electrons. The zero-order chi connectivity index (χ0) is 14.2. The van der Waals surface area contributed by atoms with Gasteiger partial charge in [-0.3, -0.25) is 4.98 Å². The van der Waals surface area contributed by atoms with Crippen molar-refractivity contribution >= 4 is 5.82 Å². The summed E-state index contributed by atoms with van der Waals surface area (Å²) in [5.41, 5.74) is 0.990. The number of aromatic nitrogens is 2. The maximum atomic E-state index is 5.76. The molecule has 2 rings (SSSR count). The lowest BCUT2D eigenvalue weighted by molar-refractivity contribution is 0.0215. The Bertz CT molecular complexity index is 376. The lowest BCUT2D eigenvalue weighted by Crippen LogP contribution is -2.33. The maximum Gasteiger partial charge on any atom is 0.146 e. The van der Waals surface area contributed by atoms with Gasteiger partial charge in [-0.25, -0.2) is 4.98 Å². The summed E-state index contributed by atoms with van der Waals surface area (Å²) in [4.78, 5) is 11.1. The second-order valence-electron chi connectivity index (χ2n) is 5.41. The Morgan fingerprint density at radius 2 is 2.25 bits per heavy atom. The van der Waals surface area contributed by atoms with Gasteiger partial charge in [-0.1, -0.05) is 6.92 Å². The largest absolute Gasteiger partial charge is 0.376 e. The summed E-state index contributed by atoms with van der Waals surface area (Å²) in [5.74, 6) is 0.915. The minimum absolute atomic E-state index is 0.335. The van der Waals surface area contributed by atoms with Gasteiger partial charge in [0, 0.05) is 26.7 Å². The molecule has 1 N–H and O–H groups in total. The van der Waals surface area contributed by atoms with E-state index in [0.29, 0.717) is 6.10 Å². The van der Waals surface area contributed by atoms with Crippen molar-refractivity contribution in [3.63, 3.8) is 0 Å². The Kier molecular flexibility index (Phi) is 6.21. The third-order valence-electron chi connectivity index (χ3n) is 3.57. The van der Waals surface area contributed by atoms with Crippen LogP contribution in [0.3, 0.4) is 0 Å². The van der Waals surface area contributed by atoms with Crippen LogP contribution in [0.4, 0.5) is 5.82 Å². The average molecular weight is 278 g/mol. The normalized spacial score (nSPS) is 19.0. The topological polar surface area (TPSA) is 50.3 Å². The first-order chi connectivity index (χ1) is 9.79. The molecule has 1 fully saturated rings. The number of rotatable bonds is 7. The summed E-state index contributed by atoms with van der Waals surface area (Å²) in [5, 5.41) is 3.33. The summed E-state index contributed by atoms with van der Waals surface area (Å²) in [7, 11) is 2.05. The van der Waals surface area contributed by atoms with Gasteiger partial charge >= 0.3 is 0 Å². The highest BCUT2D eigenvalue weighted by molar-refractivity contribution is 5.34. The molecule has 0 amide bonds. The standard InChI is InChI=1S/C15H26N4O/c1-3-7-16-9-13-10-18-15(11-17-13)19(2)12-14-6-4-5-8-20-14/h10-11,14,16H,3-9,12H2,1-2H3. The number of nitrogens with one attached hydrogen (secondary N) is 1. The van der Waals surface area contributed by atoms with E-state index >= 15 is 0 Å². The molecule has 2 heterocycles. The first kappa shape index (κ1) is 15.2. The molecule has 1 aliphatic heterocycles. The molecule has 1 aromatic heterocycles. The van der Waals surface area contributed by atoms with Gasteiger partial charge in [-0.15, -0.1) is 0 Å². The van der Waals surface area contributed by atoms with E-state index in [-0.39, 0.29) is 0 Å². The summed E-state index contributed by atoms with van der Waals surface area (Å²) in [6.07, 6.45) is 8.79. The zero-order valence-corrected chi connectivity index (χ0v) is 12.6. The molecular formula is C15H26N4O. The summed E-state index contributed by atoms with van der Waals surface area (Å²) in [6, 6.07) is 0. The number of likely N-dealkylation sites (N-methyl/N-ethyl adjacent to an activating group) is 1. The van der Waals surface area contributed by atoms with Crippen molar-refractivity contribution in [3.05, 3.63) is 18.1 Å². The van der Waals surface area contributed by atoms with Crippen molar-refractivity contribution in [2.75, 3.05) is 31.6 Å². The Hall–Kier alpha value is -1.20. The van der Waals surface area contributed by atoms with Crippen LogP contribution in [-0.4, -0.2) is 42.8 Å². The molecule has 20 heavy (non-hydrogen) atoms. The Balaban J connectivity index is 1.81. The van der Waals surface area contributed by atoms with Crippen LogP contribution in [0.1, 0.15) is 38.3 Å². The highest BCUT2D eigenvalue weighted by Gasteiger charge is 2.16. The van der Waals surface area contributed by atoms with Crippen LogP contribution in [0.15, 0.2) is 12.4 Å². The molecule has 0 saturated carbocycles. The molecule has 1 atom stereocenters. The lowest BCUT2D eigenvalue weighted by Gasteiger charge is -2.27. The average Bonchev–Trinajstić information content (AvgIpc) is 2.49. The highest BCUT2D eigenvalue weighted by atomic mass is 16.5. The minimum Gasteiger partial charge on any atom is -0.376 e. The van der Waals surface area contributed by atoms with Crippen LogP contribution in [0.5, 0.6) is 0 Å². The number of nitrogens with zero attached hydrogens (tertiary/aromatic N) is 3. The molecule has 1 unspecified atom stereocenters. The minimum atomic E-state index is 0.335. The van der Waals surface area contributed by atoms with E-state index in [1.807, 2.05) is 12.4 Å². The van der Waals surface area contributed by atoms with Crippen LogP contribution in [0.2, 0.25) is 0 Å². The Morgan fingerprint density at radius 1 is 1.35 bits per heavy atom. The highest BCUT2D eigenvalue weighted by Crippen LogP contribution is 2.16. The van der Waals surface area contributed by atoms with E-state index in [0.717, 1.165) is 50.6 Å². The first-order valence-electron chi connectivity index (χ1n) is 7.64.